The number of ether oxygens (including phenoxy) is 1. The molecule has 0 bridgehead atoms. The van der Waals surface area contributed by atoms with Crippen LogP contribution in [0.25, 0.3) is 0 Å². The van der Waals surface area contributed by atoms with Crippen LogP contribution in [0, 0.1) is 0 Å². The summed E-state index contributed by atoms with van der Waals surface area (Å²) >= 11 is 0. The molecule has 0 amide bonds. The Balaban J connectivity index is 2.18. The quantitative estimate of drug-likeness (QED) is 0.905. The number of carboxylic acids is 1. The Morgan fingerprint density at radius 2 is 2.15 bits per heavy atom. The number of hydrogen-bond donors (Lipinski definition) is 1. The lowest BCUT2D eigenvalue weighted by atomic mass is 10.0. The SMILES string of the molecule is COC1(C(F)(F)F)CCN(c2cnc(C(=O)O)cn2)C1. The predicted octanol–water partition coefficient (Wildman–Crippen LogP) is 1.33. The van der Waals surface area contributed by atoms with Crippen molar-refractivity contribution >= 4 is 11.8 Å². The van der Waals surface area contributed by atoms with E-state index in [4.69, 9.17) is 5.11 Å². The summed E-state index contributed by atoms with van der Waals surface area (Å²) in [5.41, 5.74) is -2.48. The van der Waals surface area contributed by atoms with Crippen molar-refractivity contribution in [2.45, 2.75) is 18.2 Å². The van der Waals surface area contributed by atoms with Crippen LogP contribution in [0.2, 0.25) is 0 Å². The van der Waals surface area contributed by atoms with Gasteiger partial charge in [0.25, 0.3) is 0 Å². The second-order valence-electron chi connectivity index (χ2n) is 4.43. The molecule has 0 radical (unpaired) electrons. The van der Waals surface area contributed by atoms with E-state index in [0.717, 1.165) is 19.5 Å². The minimum absolute atomic E-state index is 0.106. The number of carbonyl (C=O) groups is 1. The fourth-order valence-corrected chi connectivity index (χ4v) is 2.09. The van der Waals surface area contributed by atoms with Crippen molar-refractivity contribution in [3.8, 4) is 0 Å². The predicted molar refractivity (Wildman–Crippen MR) is 61.6 cm³/mol. The molecule has 1 saturated heterocycles. The van der Waals surface area contributed by atoms with Crippen LogP contribution in [0.4, 0.5) is 19.0 Å². The zero-order chi connectivity index (χ0) is 15.0. The lowest BCUT2D eigenvalue weighted by Crippen LogP contribution is -2.49. The van der Waals surface area contributed by atoms with Gasteiger partial charge in [-0.2, -0.15) is 13.2 Å². The maximum Gasteiger partial charge on any atom is 0.419 e. The molecular formula is C11H12F3N3O3. The summed E-state index contributed by atoms with van der Waals surface area (Å²) < 4.78 is 43.7. The first-order valence-electron chi connectivity index (χ1n) is 5.71. The van der Waals surface area contributed by atoms with Crippen LogP contribution < -0.4 is 4.90 Å². The number of hydrogen-bond acceptors (Lipinski definition) is 5. The molecule has 1 atom stereocenters. The molecule has 2 rings (SSSR count). The number of nitrogens with zero attached hydrogens (tertiary/aromatic N) is 3. The molecule has 1 fully saturated rings. The number of rotatable bonds is 3. The highest BCUT2D eigenvalue weighted by atomic mass is 19.4. The van der Waals surface area contributed by atoms with Gasteiger partial charge in [-0.1, -0.05) is 0 Å². The Labute approximate surface area is 112 Å². The summed E-state index contributed by atoms with van der Waals surface area (Å²) in [6.07, 6.45) is -2.54. The minimum Gasteiger partial charge on any atom is -0.476 e. The van der Waals surface area contributed by atoms with Gasteiger partial charge in [0.05, 0.1) is 18.9 Å². The lowest BCUT2D eigenvalue weighted by molar-refractivity contribution is -0.260. The number of methoxy groups -OCH3 is 1. The van der Waals surface area contributed by atoms with Crippen LogP contribution in [-0.2, 0) is 4.74 Å². The van der Waals surface area contributed by atoms with E-state index in [1.54, 1.807) is 0 Å². The lowest BCUT2D eigenvalue weighted by Gasteiger charge is -2.30. The molecule has 1 unspecified atom stereocenters. The van der Waals surface area contributed by atoms with Crippen molar-refractivity contribution in [1.29, 1.82) is 0 Å². The summed E-state index contributed by atoms with van der Waals surface area (Å²) in [6, 6.07) is 0. The summed E-state index contributed by atoms with van der Waals surface area (Å²) in [6.45, 7) is -0.289. The number of halogens is 3. The van der Waals surface area contributed by atoms with Crippen LogP contribution in [0.5, 0.6) is 0 Å². The van der Waals surface area contributed by atoms with E-state index in [1.807, 2.05) is 0 Å². The van der Waals surface area contributed by atoms with Crippen LogP contribution in [0.15, 0.2) is 12.4 Å². The fraction of sp³-hybridized carbons (Fsp3) is 0.545. The van der Waals surface area contributed by atoms with Gasteiger partial charge in [-0.3, -0.25) is 0 Å². The number of aromatic carboxylic acids is 1. The Hall–Kier alpha value is -1.90. The van der Waals surface area contributed by atoms with E-state index < -0.39 is 24.3 Å². The first-order valence-corrected chi connectivity index (χ1v) is 5.71. The molecule has 1 aliphatic heterocycles. The minimum atomic E-state index is -4.48. The third kappa shape index (κ3) is 2.40. The van der Waals surface area contributed by atoms with Crippen molar-refractivity contribution in [1.82, 2.24) is 9.97 Å². The van der Waals surface area contributed by atoms with Gasteiger partial charge in [-0.25, -0.2) is 14.8 Å². The number of alkyl halides is 3. The van der Waals surface area contributed by atoms with E-state index in [1.165, 1.54) is 4.90 Å². The number of carboxylic acid groups (broad SMARTS) is 1. The van der Waals surface area contributed by atoms with Gasteiger partial charge in [0, 0.05) is 20.1 Å². The van der Waals surface area contributed by atoms with Crippen molar-refractivity contribution in [3.63, 3.8) is 0 Å². The Bertz CT molecular complexity index is 506. The van der Waals surface area contributed by atoms with Gasteiger partial charge < -0.3 is 14.7 Å². The molecule has 2 heterocycles. The Morgan fingerprint density at radius 1 is 1.45 bits per heavy atom. The van der Waals surface area contributed by atoms with E-state index >= 15 is 0 Å². The highest BCUT2D eigenvalue weighted by Gasteiger charge is 2.59. The van der Waals surface area contributed by atoms with Crippen LogP contribution in [0.1, 0.15) is 16.9 Å². The topological polar surface area (TPSA) is 75.5 Å². The molecule has 1 aromatic rings. The average Bonchev–Trinajstić information content (AvgIpc) is 2.84. The highest BCUT2D eigenvalue weighted by molar-refractivity contribution is 5.84. The molecule has 0 aromatic carbocycles. The highest BCUT2D eigenvalue weighted by Crippen LogP contribution is 2.41. The first-order chi connectivity index (χ1) is 9.29. The van der Waals surface area contributed by atoms with Crippen LogP contribution in [-0.4, -0.2) is 53.0 Å². The molecule has 1 N–H and O–H groups in total. The second kappa shape index (κ2) is 4.89. The van der Waals surface area contributed by atoms with Gasteiger partial charge in [0.15, 0.2) is 11.3 Å². The summed E-state index contributed by atoms with van der Waals surface area (Å²) in [4.78, 5) is 19.5. The molecule has 0 saturated carbocycles. The standard InChI is InChI=1S/C11H12F3N3O3/c1-20-10(11(12,13)14)2-3-17(6-10)8-5-15-7(4-16-8)9(18)19/h4-5H,2-3,6H2,1H3,(H,18,19). The van der Waals surface area contributed by atoms with E-state index in [0.29, 0.717) is 0 Å². The molecular weight excluding hydrogens is 279 g/mol. The average molecular weight is 291 g/mol. The maximum absolute atomic E-state index is 13.0. The monoisotopic (exact) mass is 291 g/mol. The van der Waals surface area contributed by atoms with Gasteiger partial charge in [0.1, 0.15) is 5.82 Å². The molecule has 9 heteroatoms. The van der Waals surface area contributed by atoms with E-state index in [-0.39, 0.29) is 24.5 Å². The van der Waals surface area contributed by atoms with Crippen molar-refractivity contribution < 1.29 is 27.8 Å². The van der Waals surface area contributed by atoms with Crippen molar-refractivity contribution in [2.75, 3.05) is 25.1 Å². The third-order valence-electron chi connectivity index (χ3n) is 3.32. The first kappa shape index (κ1) is 14.5. The molecule has 0 aliphatic carbocycles. The molecule has 1 aliphatic rings. The second-order valence-corrected chi connectivity index (χ2v) is 4.43. The summed E-state index contributed by atoms with van der Waals surface area (Å²) in [7, 11) is 1.02. The van der Waals surface area contributed by atoms with Crippen molar-refractivity contribution in [3.05, 3.63) is 18.1 Å². The fourth-order valence-electron chi connectivity index (χ4n) is 2.09. The number of anilines is 1. The Morgan fingerprint density at radius 3 is 2.55 bits per heavy atom. The third-order valence-corrected chi connectivity index (χ3v) is 3.32. The zero-order valence-corrected chi connectivity index (χ0v) is 10.5. The van der Waals surface area contributed by atoms with Crippen molar-refractivity contribution in [2.24, 2.45) is 0 Å². The van der Waals surface area contributed by atoms with Crippen LogP contribution in [0.3, 0.4) is 0 Å². The normalized spacial score (nSPS) is 23.1. The molecule has 110 valence electrons. The molecule has 6 nitrogen and oxygen atoms in total. The largest absolute Gasteiger partial charge is 0.476 e. The van der Waals surface area contributed by atoms with Gasteiger partial charge in [-0.05, 0) is 0 Å². The Kier molecular flexibility index (Phi) is 3.55. The van der Waals surface area contributed by atoms with E-state index in [2.05, 4.69) is 14.7 Å². The molecule has 1 aromatic heterocycles. The summed E-state index contributed by atoms with van der Waals surface area (Å²) in [5.74, 6) is -1.05. The van der Waals surface area contributed by atoms with Gasteiger partial charge >= 0.3 is 12.1 Å². The summed E-state index contributed by atoms with van der Waals surface area (Å²) in [5, 5.41) is 8.68. The smallest absolute Gasteiger partial charge is 0.419 e. The van der Waals surface area contributed by atoms with Crippen LogP contribution >= 0.6 is 0 Å². The van der Waals surface area contributed by atoms with E-state index in [9.17, 15) is 18.0 Å². The maximum atomic E-state index is 13.0. The molecule has 20 heavy (non-hydrogen) atoms. The zero-order valence-electron chi connectivity index (χ0n) is 10.5. The molecule has 0 spiro atoms. The number of aromatic nitrogens is 2. The van der Waals surface area contributed by atoms with Gasteiger partial charge in [-0.15, -0.1) is 0 Å². The van der Waals surface area contributed by atoms with Gasteiger partial charge in [0.2, 0.25) is 0 Å².